The summed E-state index contributed by atoms with van der Waals surface area (Å²) in [5, 5.41) is 0. The minimum atomic E-state index is -0.220. The number of hydrogen-bond acceptors (Lipinski definition) is 3. The van der Waals surface area contributed by atoms with Gasteiger partial charge in [-0.25, -0.2) is 0 Å². The van der Waals surface area contributed by atoms with Crippen molar-refractivity contribution in [1.82, 2.24) is 0 Å². The van der Waals surface area contributed by atoms with Gasteiger partial charge < -0.3 is 15.2 Å². The van der Waals surface area contributed by atoms with Crippen molar-refractivity contribution in [2.75, 3.05) is 0 Å². The summed E-state index contributed by atoms with van der Waals surface area (Å²) in [4.78, 5) is 0. The molecule has 1 aliphatic heterocycles. The fourth-order valence-electron chi connectivity index (χ4n) is 2.87. The lowest BCUT2D eigenvalue weighted by molar-refractivity contribution is -0.182. The van der Waals surface area contributed by atoms with Crippen LogP contribution >= 0.6 is 0 Å². The summed E-state index contributed by atoms with van der Waals surface area (Å²) in [6.07, 6.45) is 1.12. The zero-order valence-corrected chi connectivity index (χ0v) is 12.1. The fraction of sp³-hybridized carbons (Fsp3) is 0.625. The van der Waals surface area contributed by atoms with Gasteiger partial charge in [0.25, 0.3) is 0 Å². The molecular formula is C16H25NO2. The highest BCUT2D eigenvalue weighted by atomic mass is 16.5. The van der Waals surface area contributed by atoms with Crippen molar-refractivity contribution in [2.24, 2.45) is 17.6 Å². The van der Waals surface area contributed by atoms with Crippen LogP contribution in [0.4, 0.5) is 0 Å². The first-order chi connectivity index (χ1) is 9.13. The maximum Gasteiger partial charge on any atom is 0.111 e. The highest BCUT2D eigenvalue weighted by molar-refractivity contribution is 5.13. The van der Waals surface area contributed by atoms with Gasteiger partial charge in [0, 0.05) is 11.8 Å². The minimum absolute atomic E-state index is 0.161. The first-order valence-electron chi connectivity index (χ1n) is 7.20. The molecule has 0 unspecified atom stereocenters. The van der Waals surface area contributed by atoms with Crippen molar-refractivity contribution in [3.8, 4) is 0 Å². The molecule has 0 aromatic heterocycles. The Labute approximate surface area is 116 Å². The molecule has 1 aromatic rings. The lowest BCUT2D eigenvalue weighted by atomic mass is 9.84. The lowest BCUT2D eigenvalue weighted by Gasteiger charge is -2.43. The Kier molecular flexibility index (Phi) is 4.97. The Hall–Kier alpha value is -0.900. The molecule has 0 spiro atoms. The highest BCUT2D eigenvalue weighted by Gasteiger charge is 2.39. The summed E-state index contributed by atoms with van der Waals surface area (Å²) < 4.78 is 12.0. The standard InChI is InChI=1S/C16H25NO2/c1-4-14-11(2)15(12(3)16(17)19-14)18-10-13-8-6-5-7-9-13/h5-9,11-12,14-16H,4,10,17H2,1-3H3/t11-,12-,14-,15+,16-/m1/s1. The maximum atomic E-state index is 6.14. The first kappa shape index (κ1) is 14.5. The lowest BCUT2D eigenvalue weighted by Crippen LogP contribution is -2.53. The molecule has 1 aromatic carbocycles. The van der Waals surface area contributed by atoms with Gasteiger partial charge in [-0.15, -0.1) is 0 Å². The third-order valence-electron chi connectivity index (χ3n) is 4.16. The molecule has 1 heterocycles. The van der Waals surface area contributed by atoms with Crippen LogP contribution < -0.4 is 5.73 Å². The zero-order valence-electron chi connectivity index (χ0n) is 12.1. The quantitative estimate of drug-likeness (QED) is 0.908. The van der Waals surface area contributed by atoms with Crippen molar-refractivity contribution in [3.63, 3.8) is 0 Å². The second-order valence-corrected chi connectivity index (χ2v) is 5.53. The van der Waals surface area contributed by atoms with E-state index in [1.54, 1.807) is 0 Å². The van der Waals surface area contributed by atoms with Crippen molar-refractivity contribution < 1.29 is 9.47 Å². The van der Waals surface area contributed by atoms with E-state index in [9.17, 15) is 0 Å². The molecule has 1 saturated heterocycles. The third-order valence-corrected chi connectivity index (χ3v) is 4.16. The van der Waals surface area contributed by atoms with E-state index in [0.717, 1.165) is 6.42 Å². The minimum Gasteiger partial charge on any atom is -0.373 e. The van der Waals surface area contributed by atoms with Gasteiger partial charge in [-0.2, -0.15) is 0 Å². The Bertz CT molecular complexity index is 382. The van der Waals surface area contributed by atoms with Crippen LogP contribution in [0.2, 0.25) is 0 Å². The molecule has 3 nitrogen and oxygen atoms in total. The molecule has 106 valence electrons. The normalized spacial score (nSPS) is 35.3. The van der Waals surface area contributed by atoms with E-state index in [1.807, 2.05) is 18.2 Å². The van der Waals surface area contributed by atoms with Crippen LogP contribution in [0.5, 0.6) is 0 Å². The summed E-state index contributed by atoms with van der Waals surface area (Å²) in [6.45, 7) is 7.09. The second-order valence-electron chi connectivity index (χ2n) is 5.53. The van der Waals surface area contributed by atoms with Crippen LogP contribution in [0.1, 0.15) is 32.8 Å². The van der Waals surface area contributed by atoms with E-state index in [2.05, 4.69) is 32.9 Å². The maximum absolute atomic E-state index is 6.14. The van der Waals surface area contributed by atoms with Gasteiger partial charge in [0.2, 0.25) is 0 Å². The number of nitrogens with two attached hydrogens (primary N) is 1. The Morgan fingerprint density at radius 3 is 2.47 bits per heavy atom. The molecular weight excluding hydrogens is 238 g/mol. The van der Waals surface area contributed by atoms with E-state index < -0.39 is 0 Å². The zero-order chi connectivity index (χ0) is 13.8. The second kappa shape index (κ2) is 6.51. The largest absolute Gasteiger partial charge is 0.373 e. The summed E-state index contributed by atoms with van der Waals surface area (Å²) >= 11 is 0. The molecule has 0 aliphatic carbocycles. The fourth-order valence-corrected chi connectivity index (χ4v) is 2.87. The Balaban J connectivity index is 2.00. The van der Waals surface area contributed by atoms with Gasteiger partial charge >= 0.3 is 0 Å². The predicted octanol–water partition coefficient (Wildman–Crippen LogP) is 2.94. The first-order valence-corrected chi connectivity index (χ1v) is 7.20. The number of benzene rings is 1. The average molecular weight is 263 g/mol. The van der Waals surface area contributed by atoms with Crippen LogP contribution in [0, 0.1) is 11.8 Å². The van der Waals surface area contributed by atoms with Crippen molar-refractivity contribution in [1.29, 1.82) is 0 Å². The molecule has 19 heavy (non-hydrogen) atoms. The Morgan fingerprint density at radius 2 is 1.84 bits per heavy atom. The highest BCUT2D eigenvalue weighted by Crippen LogP contribution is 2.32. The summed E-state index contributed by atoms with van der Waals surface area (Å²) in [5.74, 6) is 0.602. The van der Waals surface area contributed by atoms with Gasteiger partial charge in [-0.3, -0.25) is 0 Å². The van der Waals surface area contributed by atoms with Crippen LogP contribution in [-0.4, -0.2) is 18.4 Å². The smallest absolute Gasteiger partial charge is 0.111 e. The Morgan fingerprint density at radius 1 is 1.16 bits per heavy atom. The van der Waals surface area contributed by atoms with Crippen molar-refractivity contribution >= 4 is 0 Å². The van der Waals surface area contributed by atoms with Gasteiger partial charge in [-0.1, -0.05) is 51.1 Å². The SMILES string of the molecule is CC[C@H]1O[C@@H](N)[C@H](C)[C@@H](OCc2ccccc2)[C@@H]1C. The van der Waals surface area contributed by atoms with E-state index in [0.29, 0.717) is 12.5 Å². The van der Waals surface area contributed by atoms with Gasteiger partial charge in [-0.05, 0) is 12.0 Å². The molecule has 0 saturated carbocycles. The van der Waals surface area contributed by atoms with Gasteiger partial charge in [0.15, 0.2) is 0 Å². The molecule has 2 N–H and O–H groups in total. The van der Waals surface area contributed by atoms with E-state index in [1.165, 1.54) is 5.56 Å². The molecule has 2 rings (SSSR count). The van der Waals surface area contributed by atoms with Crippen LogP contribution in [0.3, 0.4) is 0 Å². The summed E-state index contributed by atoms with van der Waals surface area (Å²) in [7, 11) is 0. The molecule has 3 heteroatoms. The van der Waals surface area contributed by atoms with E-state index in [4.69, 9.17) is 15.2 Å². The van der Waals surface area contributed by atoms with Gasteiger partial charge in [0.1, 0.15) is 6.23 Å². The number of ether oxygens (including phenoxy) is 2. The number of rotatable bonds is 4. The van der Waals surface area contributed by atoms with E-state index >= 15 is 0 Å². The van der Waals surface area contributed by atoms with Crippen molar-refractivity contribution in [3.05, 3.63) is 35.9 Å². The molecule has 0 amide bonds. The monoisotopic (exact) mass is 263 g/mol. The topological polar surface area (TPSA) is 44.5 Å². The molecule has 1 aliphatic rings. The molecule has 5 atom stereocenters. The number of hydrogen-bond donors (Lipinski definition) is 1. The molecule has 0 radical (unpaired) electrons. The molecule has 1 fully saturated rings. The van der Waals surface area contributed by atoms with Crippen LogP contribution in [-0.2, 0) is 16.1 Å². The van der Waals surface area contributed by atoms with Crippen molar-refractivity contribution in [2.45, 2.75) is 52.2 Å². The van der Waals surface area contributed by atoms with Crippen LogP contribution in [0.15, 0.2) is 30.3 Å². The third kappa shape index (κ3) is 3.35. The van der Waals surface area contributed by atoms with Gasteiger partial charge in [0.05, 0.1) is 18.8 Å². The molecule has 0 bridgehead atoms. The summed E-state index contributed by atoms with van der Waals surface area (Å²) in [6, 6.07) is 10.3. The summed E-state index contributed by atoms with van der Waals surface area (Å²) in [5.41, 5.74) is 7.27. The average Bonchev–Trinajstić information content (AvgIpc) is 2.44. The van der Waals surface area contributed by atoms with Crippen LogP contribution in [0.25, 0.3) is 0 Å². The predicted molar refractivity (Wildman–Crippen MR) is 76.5 cm³/mol. The van der Waals surface area contributed by atoms with E-state index in [-0.39, 0.29) is 24.4 Å².